The summed E-state index contributed by atoms with van der Waals surface area (Å²) in [4.78, 5) is 0. The van der Waals surface area contributed by atoms with Crippen molar-refractivity contribution in [3.63, 3.8) is 0 Å². The molecule has 2 atom stereocenters. The first-order valence-corrected chi connectivity index (χ1v) is 6.47. The lowest BCUT2D eigenvalue weighted by Crippen LogP contribution is -2.19. The lowest BCUT2D eigenvalue weighted by molar-refractivity contribution is -0.0683. The maximum absolute atomic E-state index is 5.72. The van der Waals surface area contributed by atoms with Crippen LogP contribution >= 0.6 is 22.6 Å². The summed E-state index contributed by atoms with van der Waals surface area (Å²) in [5.74, 6) is 0.849. The number of hydrogen-bond donors (Lipinski definition) is 0. The van der Waals surface area contributed by atoms with E-state index in [2.05, 4.69) is 29.2 Å². The Hall–Kier alpha value is -0.550. The Bertz CT molecular complexity index is 361. The maximum Gasteiger partial charge on any atom is 0.198 e. The Morgan fingerprint density at radius 2 is 2.06 bits per heavy atom. The van der Waals surface area contributed by atoms with E-state index in [1.54, 1.807) is 0 Å². The van der Waals surface area contributed by atoms with Crippen LogP contribution in [0.15, 0.2) is 24.8 Å². The minimum Gasteiger partial charge on any atom is -0.465 e. The highest BCUT2D eigenvalue weighted by molar-refractivity contribution is 14.1. The summed E-state index contributed by atoms with van der Waals surface area (Å²) in [6.07, 6.45) is 1.58. The summed E-state index contributed by atoms with van der Waals surface area (Å²) >= 11 is 2.20. The van der Waals surface area contributed by atoms with Crippen molar-refractivity contribution in [1.29, 1.82) is 0 Å². The van der Waals surface area contributed by atoms with Gasteiger partial charge in [-0.2, -0.15) is 0 Å². The Morgan fingerprint density at radius 1 is 1.38 bits per heavy atom. The first-order valence-electron chi connectivity index (χ1n) is 5.23. The van der Waals surface area contributed by atoms with Crippen LogP contribution in [0, 0.1) is 6.92 Å². The third-order valence-electron chi connectivity index (χ3n) is 2.22. The topological polar surface area (TPSA) is 18.5 Å². The third kappa shape index (κ3) is 3.79. The van der Waals surface area contributed by atoms with E-state index in [1.165, 1.54) is 0 Å². The molecule has 0 aliphatic heterocycles. The van der Waals surface area contributed by atoms with Crippen molar-refractivity contribution in [1.82, 2.24) is 0 Å². The summed E-state index contributed by atoms with van der Waals surface area (Å²) in [5, 5.41) is 0. The zero-order valence-corrected chi connectivity index (χ0v) is 12.0. The molecule has 0 aliphatic carbocycles. The van der Waals surface area contributed by atoms with Gasteiger partial charge in [0, 0.05) is 0 Å². The van der Waals surface area contributed by atoms with E-state index < -0.39 is 0 Å². The van der Waals surface area contributed by atoms with Crippen LogP contribution in [0.2, 0.25) is 0 Å². The molecule has 0 fully saturated rings. The van der Waals surface area contributed by atoms with Gasteiger partial charge in [-0.1, -0.05) is 47.4 Å². The van der Waals surface area contributed by atoms with Crippen molar-refractivity contribution in [3.05, 3.63) is 35.9 Å². The molecule has 2 unspecified atom stereocenters. The predicted molar refractivity (Wildman–Crippen MR) is 75.9 cm³/mol. The van der Waals surface area contributed by atoms with E-state index in [0.717, 1.165) is 16.9 Å². The van der Waals surface area contributed by atoms with E-state index in [0.29, 0.717) is 0 Å². The van der Waals surface area contributed by atoms with Gasteiger partial charge in [-0.15, -0.1) is 0 Å². The summed E-state index contributed by atoms with van der Waals surface area (Å²) in [7, 11) is 0. The Balaban J connectivity index is 2.77. The standard InChI is InChI=1S/C13H17IO2/c1-5-12-7-6-8-13(9(12)2)16-11(4)15-10(3)14/h5-8,10-11H,1H2,2-4H3. The molecule has 1 aromatic rings. The second kappa shape index (κ2) is 6.25. The quantitative estimate of drug-likeness (QED) is 0.458. The SMILES string of the molecule is C=Cc1cccc(OC(C)OC(C)I)c1C. The van der Waals surface area contributed by atoms with Crippen molar-refractivity contribution in [2.24, 2.45) is 0 Å². The average Bonchev–Trinajstić information content (AvgIpc) is 2.20. The number of halogens is 1. The first kappa shape index (κ1) is 13.5. The molecule has 0 saturated carbocycles. The van der Waals surface area contributed by atoms with Gasteiger partial charge in [-0.25, -0.2) is 0 Å². The van der Waals surface area contributed by atoms with Gasteiger partial charge in [0.25, 0.3) is 0 Å². The predicted octanol–water partition coefficient (Wildman–Crippen LogP) is 4.16. The molecule has 2 nitrogen and oxygen atoms in total. The molecule has 0 aromatic heterocycles. The van der Waals surface area contributed by atoms with Crippen molar-refractivity contribution in [3.8, 4) is 5.75 Å². The van der Waals surface area contributed by atoms with Gasteiger partial charge >= 0.3 is 0 Å². The molecular formula is C13H17IO2. The number of rotatable bonds is 5. The maximum atomic E-state index is 5.72. The van der Waals surface area contributed by atoms with E-state index in [9.17, 15) is 0 Å². The minimum absolute atomic E-state index is 0.135. The molecule has 3 heteroatoms. The van der Waals surface area contributed by atoms with Crippen LogP contribution in [0.4, 0.5) is 0 Å². The molecule has 1 aromatic carbocycles. The molecule has 0 radical (unpaired) electrons. The molecular weight excluding hydrogens is 315 g/mol. The highest BCUT2D eigenvalue weighted by Gasteiger charge is 2.09. The van der Waals surface area contributed by atoms with Crippen LogP contribution < -0.4 is 4.74 Å². The van der Waals surface area contributed by atoms with E-state index in [-0.39, 0.29) is 10.4 Å². The number of benzene rings is 1. The molecule has 16 heavy (non-hydrogen) atoms. The van der Waals surface area contributed by atoms with Crippen molar-refractivity contribution >= 4 is 28.7 Å². The van der Waals surface area contributed by atoms with Gasteiger partial charge < -0.3 is 9.47 Å². The second-order valence-electron chi connectivity index (χ2n) is 3.54. The van der Waals surface area contributed by atoms with Crippen LogP contribution in [-0.2, 0) is 4.74 Å². The molecule has 0 heterocycles. The van der Waals surface area contributed by atoms with Gasteiger partial charge in [0.1, 0.15) is 9.86 Å². The number of hydrogen-bond acceptors (Lipinski definition) is 2. The van der Waals surface area contributed by atoms with Gasteiger partial charge in [0.15, 0.2) is 6.29 Å². The van der Waals surface area contributed by atoms with E-state index >= 15 is 0 Å². The molecule has 0 bridgehead atoms. The zero-order chi connectivity index (χ0) is 12.1. The Morgan fingerprint density at radius 3 is 2.62 bits per heavy atom. The first-order chi connectivity index (χ1) is 7.54. The lowest BCUT2D eigenvalue weighted by atomic mass is 10.1. The van der Waals surface area contributed by atoms with Crippen molar-refractivity contribution in [2.45, 2.75) is 31.2 Å². The summed E-state index contributed by atoms with van der Waals surface area (Å²) in [6, 6.07) is 5.92. The fourth-order valence-electron chi connectivity index (χ4n) is 1.45. The van der Waals surface area contributed by atoms with Crippen LogP contribution in [0.25, 0.3) is 6.08 Å². The van der Waals surface area contributed by atoms with Crippen LogP contribution in [-0.4, -0.2) is 10.4 Å². The highest BCUT2D eigenvalue weighted by atomic mass is 127. The molecule has 88 valence electrons. The summed E-state index contributed by atoms with van der Waals surface area (Å²) < 4.78 is 11.4. The second-order valence-corrected chi connectivity index (χ2v) is 5.29. The monoisotopic (exact) mass is 332 g/mol. The largest absolute Gasteiger partial charge is 0.465 e. The highest BCUT2D eigenvalue weighted by Crippen LogP contribution is 2.23. The average molecular weight is 332 g/mol. The fraction of sp³-hybridized carbons (Fsp3) is 0.385. The van der Waals surface area contributed by atoms with Crippen molar-refractivity contribution in [2.75, 3.05) is 0 Å². The summed E-state index contributed by atoms with van der Waals surface area (Å²) in [6.45, 7) is 9.67. The minimum atomic E-state index is -0.245. The van der Waals surface area contributed by atoms with Gasteiger partial charge in [-0.05, 0) is 38.0 Å². The van der Waals surface area contributed by atoms with Gasteiger partial charge in [0.2, 0.25) is 0 Å². The molecule has 0 amide bonds. The van der Waals surface area contributed by atoms with Crippen LogP contribution in [0.3, 0.4) is 0 Å². The van der Waals surface area contributed by atoms with Gasteiger partial charge in [-0.3, -0.25) is 0 Å². The molecule has 0 aliphatic rings. The van der Waals surface area contributed by atoms with E-state index in [4.69, 9.17) is 9.47 Å². The van der Waals surface area contributed by atoms with Crippen LogP contribution in [0.5, 0.6) is 5.75 Å². The summed E-state index contributed by atoms with van der Waals surface area (Å²) in [5.41, 5.74) is 2.18. The van der Waals surface area contributed by atoms with Crippen LogP contribution in [0.1, 0.15) is 25.0 Å². The normalized spacial score (nSPS) is 14.2. The van der Waals surface area contributed by atoms with Gasteiger partial charge in [0.05, 0.1) is 0 Å². The number of ether oxygens (including phenoxy) is 2. The third-order valence-corrected chi connectivity index (χ3v) is 2.51. The Kier molecular flexibility index (Phi) is 5.28. The zero-order valence-electron chi connectivity index (χ0n) is 9.87. The van der Waals surface area contributed by atoms with Crippen molar-refractivity contribution < 1.29 is 9.47 Å². The molecule has 0 spiro atoms. The lowest BCUT2D eigenvalue weighted by Gasteiger charge is -2.19. The molecule has 1 rings (SSSR count). The Labute approximate surface area is 111 Å². The number of alkyl halides is 1. The van der Waals surface area contributed by atoms with E-state index in [1.807, 2.05) is 45.0 Å². The smallest absolute Gasteiger partial charge is 0.198 e. The fourth-order valence-corrected chi connectivity index (χ4v) is 1.86. The molecule has 0 N–H and O–H groups in total. The molecule has 0 saturated heterocycles.